The molecule has 5 aromatic rings. The van der Waals surface area contributed by atoms with Gasteiger partial charge in [-0.15, -0.1) is 34.0 Å². The number of fused-ring (bicyclic) bond motifs is 2. The molecule has 0 saturated carbocycles. The molecule has 2 aliphatic rings. The molecule has 0 radical (unpaired) electrons. The molecular weight excluding hydrogens is 592 g/mol. The van der Waals surface area contributed by atoms with Gasteiger partial charge in [0.05, 0.1) is 21.0 Å². The van der Waals surface area contributed by atoms with Crippen molar-refractivity contribution in [1.29, 1.82) is 0 Å². The van der Waals surface area contributed by atoms with Gasteiger partial charge in [0, 0.05) is 46.6 Å². The molecule has 0 saturated heterocycles. The molecule has 3 heterocycles. The second-order valence-corrected chi connectivity index (χ2v) is 13.3. The van der Waals surface area contributed by atoms with Crippen molar-refractivity contribution in [1.82, 2.24) is 0 Å². The van der Waals surface area contributed by atoms with E-state index in [1.54, 1.807) is 72.0 Å². The molecule has 0 atom stereocenters. The van der Waals surface area contributed by atoms with Gasteiger partial charge in [0.2, 0.25) is 0 Å². The number of halogens is 1. The fourth-order valence-corrected chi connectivity index (χ4v) is 8.97. The molecule has 2 aliphatic carbocycles. The highest BCUT2D eigenvalue weighted by molar-refractivity contribution is 7.27. The smallest absolute Gasteiger partial charge is 0.197 e. The summed E-state index contributed by atoms with van der Waals surface area (Å²) in [4.78, 5) is 56.7. The van der Waals surface area contributed by atoms with Gasteiger partial charge in [-0.25, -0.2) is 0 Å². The van der Waals surface area contributed by atoms with Crippen LogP contribution in [0, 0.1) is 6.92 Å². The van der Waals surface area contributed by atoms with Crippen LogP contribution in [-0.4, -0.2) is 23.1 Å². The lowest BCUT2D eigenvalue weighted by Crippen LogP contribution is -1.99. The predicted octanol–water partition coefficient (Wildman–Crippen LogP) is 9.09. The third-order valence-electron chi connectivity index (χ3n) is 7.08. The third-order valence-corrected chi connectivity index (χ3v) is 11.2. The quantitative estimate of drug-likeness (QED) is 0.151. The van der Waals surface area contributed by atoms with Crippen molar-refractivity contribution in [3.63, 3.8) is 0 Å². The number of carbonyl (C=O) groups excluding carboxylic acids is 4. The minimum atomic E-state index is -0.249. The van der Waals surface area contributed by atoms with Crippen molar-refractivity contribution >= 4 is 80.9 Å². The van der Waals surface area contributed by atoms with Gasteiger partial charge < -0.3 is 0 Å². The number of carbonyl (C=O) groups is 4. The third kappa shape index (κ3) is 4.24. The first kappa shape index (κ1) is 25.9. The molecule has 0 N–H and O–H groups in total. The van der Waals surface area contributed by atoms with Crippen molar-refractivity contribution in [2.45, 2.75) is 6.92 Å². The highest BCUT2D eigenvalue weighted by Crippen LogP contribution is 2.47. The maximum atomic E-state index is 12.8. The summed E-state index contributed by atoms with van der Waals surface area (Å²) in [5, 5.41) is 0.607. The molecule has 0 amide bonds. The summed E-state index contributed by atoms with van der Waals surface area (Å²) in [6.07, 6.45) is 3.35. The van der Waals surface area contributed by atoms with Crippen LogP contribution < -0.4 is 0 Å². The highest BCUT2D eigenvalue weighted by atomic mass is 35.5. The number of allylic oxidation sites excluding steroid dienone is 2. The van der Waals surface area contributed by atoms with E-state index in [4.69, 9.17) is 11.6 Å². The van der Waals surface area contributed by atoms with Crippen LogP contribution in [0.15, 0.2) is 83.9 Å². The molecule has 41 heavy (non-hydrogen) atoms. The largest absolute Gasteiger partial charge is 0.288 e. The lowest BCUT2D eigenvalue weighted by molar-refractivity contribution is 0.0975. The Morgan fingerprint density at radius 2 is 1.07 bits per heavy atom. The van der Waals surface area contributed by atoms with Crippen LogP contribution in [0.1, 0.15) is 56.7 Å². The van der Waals surface area contributed by atoms with E-state index < -0.39 is 0 Å². The van der Waals surface area contributed by atoms with E-state index in [9.17, 15) is 19.2 Å². The average Bonchev–Trinajstić information content (AvgIpc) is 3.77. The van der Waals surface area contributed by atoms with Gasteiger partial charge in [-0.1, -0.05) is 60.1 Å². The maximum absolute atomic E-state index is 12.8. The summed E-state index contributed by atoms with van der Waals surface area (Å²) in [6, 6.07) is 21.5. The Kier molecular flexibility index (Phi) is 6.21. The fourth-order valence-electron chi connectivity index (χ4n) is 5.12. The van der Waals surface area contributed by atoms with Crippen LogP contribution in [0.4, 0.5) is 0 Å². The van der Waals surface area contributed by atoms with Gasteiger partial charge in [-0.2, -0.15) is 0 Å². The first-order chi connectivity index (χ1) is 19.8. The first-order valence-electron chi connectivity index (χ1n) is 12.6. The Bertz CT molecular complexity index is 1980. The van der Waals surface area contributed by atoms with Gasteiger partial charge in [0.25, 0.3) is 0 Å². The van der Waals surface area contributed by atoms with Crippen molar-refractivity contribution in [3.05, 3.63) is 127 Å². The Morgan fingerprint density at radius 1 is 0.561 bits per heavy atom. The van der Waals surface area contributed by atoms with E-state index in [0.29, 0.717) is 27.3 Å². The summed E-state index contributed by atoms with van der Waals surface area (Å²) in [5.74, 6) is -0.984. The van der Waals surface area contributed by atoms with Crippen molar-refractivity contribution in [3.8, 4) is 19.5 Å². The van der Waals surface area contributed by atoms with Crippen LogP contribution in [0.5, 0.6) is 0 Å². The van der Waals surface area contributed by atoms with Crippen LogP contribution in [0.3, 0.4) is 0 Å². The molecule has 7 rings (SSSR count). The van der Waals surface area contributed by atoms with Gasteiger partial charge in [0.15, 0.2) is 23.1 Å². The monoisotopic (exact) mass is 608 g/mol. The second-order valence-electron chi connectivity index (χ2n) is 9.67. The van der Waals surface area contributed by atoms with E-state index in [1.165, 1.54) is 22.7 Å². The van der Waals surface area contributed by atoms with Crippen LogP contribution >= 0.6 is 45.6 Å². The van der Waals surface area contributed by atoms with Gasteiger partial charge in [-0.05, 0) is 48.9 Å². The molecule has 2 aromatic carbocycles. The van der Waals surface area contributed by atoms with Crippen molar-refractivity contribution in [2.75, 3.05) is 0 Å². The molecule has 0 fully saturated rings. The summed E-state index contributed by atoms with van der Waals surface area (Å²) < 4.78 is 0. The number of thiophene rings is 3. The van der Waals surface area contributed by atoms with Gasteiger partial charge in [-0.3, -0.25) is 19.2 Å². The Labute approximate surface area is 251 Å². The van der Waals surface area contributed by atoms with Crippen LogP contribution in [0.25, 0.3) is 31.7 Å². The second kappa shape index (κ2) is 9.82. The molecule has 8 heteroatoms. The molecule has 0 aliphatic heterocycles. The predicted molar refractivity (Wildman–Crippen MR) is 167 cm³/mol. The van der Waals surface area contributed by atoms with Crippen molar-refractivity contribution in [2.24, 2.45) is 0 Å². The number of hydrogen-bond acceptors (Lipinski definition) is 7. The van der Waals surface area contributed by atoms with E-state index in [2.05, 4.69) is 0 Å². The van der Waals surface area contributed by atoms with Crippen molar-refractivity contribution < 1.29 is 19.2 Å². The normalized spacial score (nSPS) is 14.2. The van der Waals surface area contributed by atoms with Crippen LogP contribution in [-0.2, 0) is 0 Å². The first-order valence-corrected chi connectivity index (χ1v) is 15.4. The Hall–Kier alpha value is -4.01. The number of benzene rings is 2. The van der Waals surface area contributed by atoms with Gasteiger partial charge >= 0.3 is 0 Å². The van der Waals surface area contributed by atoms with E-state index in [1.807, 2.05) is 31.2 Å². The van der Waals surface area contributed by atoms with E-state index >= 15 is 0 Å². The Morgan fingerprint density at radius 3 is 1.61 bits per heavy atom. The zero-order chi connectivity index (χ0) is 28.4. The van der Waals surface area contributed by atoms with Crippen LogP contribution in [0.2, 0.25) is 5.02 Å². The van der Waals surface area contributed by atoms with E-state index in [-0.39, 0.29) is 34.3 Å². The summed E-state index contributed by atoms with van der Waals surface area (Å²) in [5.41, 5.74) is 3.17. The summed E-state index contributed by atoms with van der Waals surface area (Å²) >= 11 is 11.2. The summed E-state index contributed by atoms with van der Waals surface area (Å²) in [6.45, 7) is 2.00. The highest BCUT2D eigenvalue weighted by Gasteiger charge is 2.33. The number of Topliss-reactive ketones (excluding diaryl/α,β-unsaturated/α-hetero) is 4. The average molecular weight is 609 g/mol. The minimum Gasteiger partial charge on any atom is -0.288 e. The molecular formula is C33H17ClO4S3. The Balaban J connectivity index is 1.17. The zero-order valence-corrected chi connectivity index (χ0v) is 24.5. The molecule has 198 valence electrons. The number of hydrogen-bond donors (Lipinski definition) is 0. The standard InChI is InChI=1S/C33H17ClO4S3/c1-16-12-18(14-24-30(37)21-8-4-5-9-22(21)31(24)38)40-32(16)27-15-25(34)33(41-27)26-11-10-17(39-26)13-23-28(35)19-6-2-3-7-20(19)29(23)36/h2-15H,1H3. The molecule has 3 aromatic heterocycles. The number of rotatable bonds is 4. The fraction of sp³-hybridized carbons (Fsp3) is 0.0303. The SMILES string of the molecule is Cc1cc(C=C2C(=O)c3ccccc3C2=O)sc1-c1cc(Cl)c(-c2ccc(C=C3C(=O)c4ccccc4C3=O)s2)s1. The van der Waals surface area contributed by atoms with E-state index in [0.717, 1.165) is 34.8 Å². The maximum Gasteiger partial charge on any atom is 0.197 e. The summed E-state index contributed by atoms with van der Waals surface area (Å²) in [7, 11) is 0. The lowest BCUT2D eigenvalue weighted by Gasteiger charge is -1.94. The lowest BCUT2D eigenvalue weighted by atomic mass is 10.1. The number of aryl methyl sites for hydroxylation is 1. The molecule has 0 spiro atoms. The molecule has 4 nitrogen and oxygen atoms in total. The topological polar surface area (TPSA) is 68.3 Å². The zero-order valence-electron chi connectivity index (χ0n) is 21.3. The molecule has 0 unspecified atom stereocenters. The molecule has 0 bridgehead atoms. The van der Waals surface area contributed by atoms with Gasteiger partial charge in [0.1, 0.15) is 0 Å². The minimum absolute atomic E-state index is 0.177. The number of ketones is 4.